The fourth-order valence-electron chi connectivity index (χ4n) is 3.28. The lowest BCUT2D eigenvalue weighted by molar-refractivity contribution is 0.0944. The molecule has 0 aliphatic carbocycles. The molecule has 8 heteroatoms. The highest BCUT2D eigenvalue weighted by atomic mass is 16.5. The molecule has 178 valence electrons. The standard InChI is InChI=1S/C27H25N3O5/c1-33-22-11-7-20(8-12-22)26(31)29-21-9-13-23(14-10-21)34-18-24-17-25(30-35-24)27(32)28-16-15-19-5-3-2-4-6-19/h2-14,17H,15-16,18H2,1H3,(H,28,32)(H,29,31). The molecule has 35 heavy (non-hydrogen) atoms. The normalized spacial score (nSPS) is 10.4. The molecule has 0 aliphatic heterocycles. The van der Waals surface area contributed by atoms with E-state index in [0.29, 0.717) is 35.1 Å². The van der Waals surface area contributed by atoms with Gasteiger partial charge in [-0.3, -0.25) is 9.59 Å². The van der Waals surface area contributed by atoms with Crippen molar-refractivity contribution >= 4 is 17.5 Å². The maximum absolute atomic E-state index is 12.4. The molecule has 2 amide bonds. The van der Waals surface area contributed by atoms with E-state index >= 15 is 0 Å². The van der Waals surface area contributed by atoms with Gasteiger partial charge in [0, 0.05) is 23.9 Å². The third-order valence-electron chi connectivity index (χ3n) is 5.18. The predicted molar refractivity (Wildman–Crippen MR) is 131 cm³/mol. The maximum atomic E-state index is 12.4. The van der Waals surface area contributed by atoms with Crippen LogP contribution < -0.4 is 20.1 Å². The number of rotatable bonds is 10. The first-order valence-electron chi connectivity index (χ1n) is 11.1. The molecule has 0 bridgehead atoms. The van der Waals surface area contributed by atoms with Crippen LogP contribution >= 0.6 is 0 Å². The van der Waals surface area contributed by atoms with Gasteiger partial charge in [0.1, 0.15) is 18.1 Å². The Kier molecular flexibility index (Phi) is 7.75. The number of nitrogens with one attached hydrogen (secondary N) is 2. The van der Waals surface area contributed by atoms with Crippen molar-refractivity contribution in [3.8, 4) is 11.5 Å². The number of carbonyl (C=O) groups is 2. The molecule has 0 unspecified atom stereocenters. The number of hydrogen-bond donors (Lipinski definition) is 2. The van der Waals surface area contributed by atoms with Gasteiger partial charge >= 0.3 is 0 Å². The van der Waals surface area contributed by atoms with E-state index in [1.165, 1.54) is 0 Å². The van der Waals surface area contributed by atoms with Gasteiger partial charge in [0.15, 0.2) is 11.5 Å². The van der Waals surface area contributed by atoms with E-state index in [0.717, 1.165) is 12.0 Å². The lowest BCUT2D eigenvalue weighted by atomic mass is 10.1. The average Bonchev–Trinajstić information content (AvgIpc) is 3.38. The molecular weight excluding hydrogens is 446 g/mol. The lowest BCUT2D eigenvalue weighted by Crippen LogP contribution is -2.25. The minimum Gasteiger partial charge on any atom is -0.497 e. The van der Waals surface area contributed by atoms with Gasteiger partial charge in [0.2, 0.25) is 0 Å². The van der Waals surface area contributed by atoms with Gasteiger partial charge in [-0.15, -0.1) is 0 Å². The Bertz CT molecular complexity index is 1250. The van der Waals surface area contributed by atoms with Crippen LogP contribution in [0.5, 0.6) is 11.5 Å². The zero-order chi connectivity index (χ0) is 24.5. The first-order chi connectivity index (χ1) is 17.1. The summed E-state index contributed by atoms with van der Waals surface area (Å²) >= 11 is 0. The van der Waals surface area contributed by atoms with Crippen molar-refractivity contribution in [1.82, 2.24) is 10.5 Å². The molecule has 0 radical (unpaired) electrons. The van der Waals surface area contributed by atoms with Crippen molar-refractivity contribution in [2.24, 2.45) is 0 Å². The molecule has 0 atom stereocenters. The second kappa shape index (κ2) is 11.5. The quantitative estimate of drug-likeness (QED) is 0.353. The van der Waals surface area contributed by atoms with E-state index in [4.69, 9.17) is 14.0 Å². The van der Waals surface area contributed by atoms with E-state index in [9.17, 15) is 9.59 Å². The Morgan fingerprint density at radius 3 is 2.31 bits per heavy atom. The fraction of sp³-hybridized carbons (Fsp3) is 0.148. The monoisotopic (exact) mass is 471 g/mol. The molecule has 1 aromatic heterocycles. The minimum absolute atomic E-state index is 0.113. The average molecular weight is 472 g/mol. The van der Waals surface area contributed by atoms with Gasteiger partial charge in [-0.25, -0.2) is 0 Å². The molecule has 0 spiro atoms. The van der Waals surface area contributed by atoms with Gasteiger partial charge in [0.25, 0.3) is 11.8 Å². The van der Waals surface area contributed by atoms with Crippen LogP contribution in [0.25, 0.3) is 0 Å². The van der Waals surface area contributed by atoms with Crippen molar-refractivity contribution in [3.05, 3.63) is 108 Å². The van der Waals surface area contributed by atoms with Crippen molar-refractivity contribution < 1.29 is 23.6 Å². The molecule has 0 aliphatic rings. The Morgan fingerprint density at radius 1 is 0.886 bits per heavy atom. The van der Waals surface area contributed by atoms with Gasteiger partial charge in [-0.05, 0) is 60.5 Å². The van der Waals surface area contributed by atoms with Gasteiger partial charge in [-0.2, -0.15) is 0 Å². The maximum Gasteiger partial charge on any atom is 0.273 e. The number of ether oxygens (including phenoxy) is 2. The number of aromatic nitrogens is 1. The summed E-state index contributed by atoms with van der Waals surface area (Å²) in [5, 5.41) is 9.48. The van der Waals surface area contributed by atoms with Crippen molar-refractivity contribution in [1.29, 1.82) is 0 Å². The SMILES string of the molecule is COc1ccc(C(=O)Nc2ccc(OCc3cc(C(=O)NCCc4ccccc4)no3)cc2)cc1. The van der Waals surface area contributed by atoms with Crippen LogP contribution in [0.2, 0.25) is 0 Å². The fourth-order valence-corrected chi connectivity index (χ4v) is 3.28. The number of anilines is 1. The van der Waals surface area contributed by atoms with E-state index in [2.05, 4.69) is 15.8 Å². The molecule has 8 nitrogen and oxygen atoms in total. The molecule has 1 heterocycles. The number of hydrogen-bond acceptors (Lipinski definition) is 6. The van der Waals surface area contributed by atoms with E-state index < -0.39 is 0 Å². The van der Waals surface area contributed by atoms with Crippen LogP contribution in [-0.4, -0.2) is 30.6 Å². The van der Waals surface area contributed by atoms with Gasteiger partial charge in [0.05, 0.1) is 7.11 Å². The summed E-state index contributed by atoms with van der Waals surface area (Å²) in [6.45, 7) is 0.616. The highest BCUT2D eigenvalue weighted by molar-refractivity contribution is 6.04. The predicted octanol–water partition coefficient (Wildman–Crippen LogP) is 4.49. The van der Waals surface area contributed by atoms with Crippen LogP contribution in [0.3, 0.4) is 0 Å². The number of carbonyl (C=O) groups excluding carboxylic acids is 2. The van der Waals surface area contributed by atoms with E-state index in [1.807, 2.05) is 30.3 Å². The van der Waals surface area contributed by atoms with Crippen LogP contribution in [-0.2, 0) is 13.0 Å². The summed E-state index contributed by atoms with van der Waals surface area (Å²) in [7, 11) is 1.57. The third-order valence-corrected chi connectivity index (χ3v) is 5.18. The Balaban J connectivity index is 1.23. The topological polar surface area (TPSA) is 103 Å². The molecule has 4 aromatic rings. The summed E-state index contributed by atoms with van der Waals surface area (Å²) in [5.74, 6) is 1.17. The van der Waals surface area contributed by atoms with Crippen LogP contribution in [0, 0.1) is 0 Å². The second-order valence-electron chi connectivity index (χ2n) is 7.67. The summed E-state index contributed by atoms with van der Waals surface area (Å²) < 4.78 is 16.0. The molecule has 2 N–H and O–H groups in total. The van der Waals surface area contributed by atoms with Crippen LogP contribution in [0.1, 0.15) is 32.2 Å². The van der Waals surface area contributed by atoms with Gasteiger partial charge in [-0.1, -0.05) is 35.5 Å². The summed E-state index contributed by atoms with van der Waals surface area (Å²) in [6.07, 6.45) is 0.733. The first-order valence-corrected chi connectivity index (χ1v) is 11.1. The third kappa shape index (κ3) is 6.70. The van der Waals surface area contributed by atoms with E-state index in [-0.39, 0.29) is 24.1 Å². The molecule has 3 aromatic carbocycles. The second-order valence-corrected chi connectivity index (χ2v) is 7.67. The highest BCUT2D eigenvalue weighted by Gasteiger charge is 2.13. The number of benzene rings is 3. The van der Waals surface area contributed by atoms with E-state index in [1.54, 1.807) is 61.7 Å². The van der Waals surface area contributed by atoms with Crippen molar-refractivity contribution in [2.45, 2.75) is 13.0 Å². The molecule has 0 saturated heterocycles. The Morgan fingerprint density at radius 2 is 1.60 bits per heavy atom. The molecule has 0 saturated carbocycles. The summed E-state index contributed by atoms with van der Waals surface area (Å²) in [6, 6.07) is 25.3. The zero-order valence-corrected chi connectivity index (χ0v) is 19.2. The summed E-state index contributed by atoms with van der Waals surface area (Å²) in [5.41, 5.74) is 2.50. The molecule has 0 fully saturated rings. The molecular formula is C27H25N3O5. The van der Waals surface area contributed by atoms with Crippen molar-refractivity contribution in [2.75, 3.05) is 19.0 Å². The Labute approximate surface area is 202 Å². The smallest absolute Gasteiger partial charge is 0.273 e. The van der Waals surface area contributed by atoms with Crippen LogP contribution in [0.15, 0.2) is 89.5 Å². The molecule has 4 rings (SSSR count). The minimum atomic E-state index is -0.298. The number of amides is 2. The lowest BCUT2D eigenvalue weighted by Gasteiger charge is -2.08. The Hall–Kier alpha value is -4.59. The number of methoxy groups -OCH3 is 1. The van der Waals surface area contributed by atoms with Gasteiger partial charge < -0.3 is 24.6 Å². The van der Waals surface area contributed by atoms with Crippen molar-refractivity contribution in [3.63, 3.8) is 0 Å². The summed E-state index contributed by atoms with van der Waals surface area (Å²) in [4.78, 5) is 24.6. The van der Waals surface area contributed by atoms with Crippen LogP contribution in [0.4, 0.5) is 5.69 Å². The first kappa shape index (κ1) is 23.6. The highest BCUT2D eigenvalue weighted by Crippen LogP contribution is 2.19. The number of nitrogens with zero attached hydrogens (tertiary/aromatic N) is 1. The largest absolute Gasteiger partial charge is 0.497 e. The zero-order valence-electron chi connectivity index (χ0n) is 19.2.